The van der Waals surface area contributed by atoms with Crippen molar-refractivity contribution in [3.05, 3.63) is 32.9 Å². The summed E-state index contributed by atoms with van der Waals surface area (Å²) in [5.41, 5.74) is 1.69. The van der Waals surface area contributed by atoms with Gasteiger partial charge in [0.1, 0.15) is 0 Å². The smallest absolute Gasteiger partial charge is 0.307 e. The Labute approximate surface area is 120 Å². The molecule has 0 aliphatic carbocycles. The van der Waals surface area contributed by atoms with Gasteiger partial charge in [-0.25, -0.2) is 0 Å². The zero-order valence-corrected chi connectivity index (χ0v) is 12.8. The largest absolute Gasteiger partial charge is 0.469 e. The summed E-state index contributed by atoms with van der Waals surface area (Å²) in [5, 5.41) is 2.78. The Morgan fingerprint density at radius 3 is 2.72 bits per heavy atom. The van der Waals surface area contributed by atoms with Crippen molar-refractivity contribution in [3.63, 3.8) is 0 Å². The van der Waals surface area contributed by atoms with Gasteiger partial charge in [0.25, 0.3) is 5.91 Å². The monoisotopic (exact) mass is 361 g/mol. The second kappa shape index (κ2) is 6.72. The maximum Gasteiger partial charge on any atom is 0.307 e. The third kappa shape index (κ3) is 3.97. The molecule has 0 bridgehead atoms. The van der Waals surface area contributed by atoms with E-state index < -0.39 is 0 Å². The summed E-state index contributed by atoms with van der Waals surface area (Å²) < 4.78 is 5.49. The van der Waals surface area contributed by atoms with Crippen molar-refractivity contribution in [2.75, 3.05) is 7.11 Å². The Morgan fingerprint density at radius 2 is 2.11 bits per heavy atom. The van der Waals surface area contributed by atoms with Crippen molar-refractivity contribution in [1.29, 1.82) is 0 Å². The molecule has 1 N–H and O–H groups in total. The van der Waals surface area contributed by atoms with Crippen molar-refractivity contribution in [2.45, 2.75) is 26.3 Å². The second-order valence-electron chi connectivity index (χ2n) is 4.09. The summed E-state index contributed by atoms with van der Waals surface area (Å²) in [4.78, 5) is 23.1. The highest BCUT2D eigenvalue weighted by Crippen LogP contribution is 2.16. The number of hydrogen-bond donors (Lipinski definition) is 1. The van der Waals surface area contributed by atoms with Crippen LogP contribution >= 0.6 is 22.6 Å². The summed E-state index contributed by atoms with van der Waals surface area (Å²) >= 11 is 2.15. The molecule has 18 heavy (non-hydrogen) atoms. The first-order valence-corrected chi connectivity index (χ1v) is 6.66. The predicted molar refractivity (Wildman–Crippen MR) is 77.5 cm³/mol. The minimum atomic E-state index is -0.332. The zero-order chi connectivity index (χ0) is 13.7. The number of amides is 1. The Bertz CT molecular complexity index is 460. The third-order valence-electron chi connectivity index (χ3n) is 2.51. The number of benzene rings is 1. The lowest BCUT2D eigenvalue weighted by Gasteiger charge is -2.14. The first-order chi connectivity index (χ1) is 8.45. The van der Waals surface area contributed by atoms with Crippen LogP contribution in [0.5, 0.6) is 0 Å². The van der Waals surface area contributed by atoms with Crippen LogP contribution in [0, 0.1) is 10.5 Å². The lowest BCUT2D eigenvalue weighted by atomic mass is 10.1. The van der Waals surface area contributed by atoms with Gasteiger partial charge in [-0.2, -0.15) is 0 Å². The topological polar surface area (TPSA) is 55.4 Å². The molecule has 0 aliphatic heterocycles. The molecule has 0 spiro atoms. The molecule has 1 aromatic carbocycles. The van der Waals surface area contributed by atoms with Crippen LogP contribution in [-0.2, 0) is 9.53 Å². The number of halogens is 1. The van der Waals surface area contributed by atoms with Crippen molar-refractivity contribution in [1.82, 2.24) is 5.32 Å². The van der Waals surface area contributed by atoms with Crippen LogP contribution in [-0.4, -0.2) is 25.0 Å². The maximum absolute atomic E-state index is 12.0. The van der Waals surface area contributed by atoms with Crippen LogP contribution in [0.25, 0.3) is 0 Å². The fraction of sp³-hybridized carbons (Fsp3) is 0.385. The molecule has 98 valence electrons. The van der Waals surface area contributed by atoms with Gasteiger partial charge in [0.05, 0.1) is 19.1 Å². The van der Waals surface area contributed by atoms with E-state index in [4.69, 9.17) is 0 Å². The van der Waals surface area contributed by atoms with Gasteiger partial charge in [-0.05, 0) is 48.1 Å². The van der Waals surface area contributed by atoms with E-state index in [1.54, 1.807) is 13.0 Å². The summed E-state index contributed by atoms with van der Waals surface area (Å²) in [7, 11) is 1.33. The molecule has 1 aromatic rings. The number of carbonyl (C=O) groups excluding carboxylic acids is 2. The van der Waals surface area contributed by atoms with Crippen molar-refractivity contribution >= 4 is 34.5 Å². The minimum Gasteiger partial charge on any atom is -0.469 e. The lowest BCUT2D eigenvalue weighted by Crippen LogP contribution is -2.34. The second-order valence-corrected chi connectivity index (χ2v) is 5.17. The average Bonchev–Trinajstić information content (AvgIpc) is 2.32. The fourth-order valence-electron chi connectivity index (χ4n) is 1.51. The minimum absolute atomic E-state index is 0.167. The van der Waals surface area contributed by atoms with E-state index >= 15 is 0 Å². The van der Waals surface area contributed by atoms with E-state index in [0.29, 0.717) is 5.56 Å². The highest BCUT2D eigenvalue weighted by atomic mass is 127. The van der Waals surface area contributed by atoms with E-state index in [9.17, 15) is 9.59 Å². The maximum atomic E-state index is 12.0. The van der Waals surface area contributed by atoms with Crippen LogP contribution in [0.15, 0.2) is 18.2 Å². The van der Waals surface area contributed by atoms with Crippen LogP contribution in [0.4, 0.5) is 0 Å². The molecule has 0 aliphatic rings. The van der Waals surface area contributed by atoms with Crippen LogP contribution in [0.2, 0.25) is 0 Å². The van der Waals surface area contributed by atoms with Gasteiger partial charge in [-0.1, -0.05) is 12.1 Å². The standard InChI is InChI=1S/C13H16INO3/c1-8-5-4-6-10(12(8)14)13(17)15-9(2)7-11(16)18-3/h4-6,9H,7H2,1-3H3,(H,15,17). The fourth-order valence-corrected chi connectivity index (χ4v) is 2.11. The van der Waals surface area contributed by atoms with Gasteiger partial charge in [0.2, 0.25) is 0 Å². The predicted octanol–water partition coefficient (Wildman–Crippen LogP) is 2.28. The normalized spacial score (nSPS) is 11.8. The first kappa shape index (κ1) is 14.9. The Balaban J connectivity index is 2.71. The van der Waals surface area contributed by atoms with E-state index in [-0.39, 0.29) is 24.3 Å². The van der Waals surface area contributed by atoms with Crippen LogP contribution < -0.4 is 5.32 Å². The van der Waals surface area contributed by atoms with E-state index in [0.717, 1.165) is 9.13 Å². The Morgan fingerprint density at radius 1 is 1.44 bits per heavy atom. The van der Waals surface area contributed by atoms with Crippen molar-refractivity contribution in [3.8, 4) is 0 Å². The average molecular weight is 361 g/mol. The Hall–Kier alpha value is -1.11. The van der Waals surface area contributed by atoms with Gasteiger partial charge in [-0.15, -0.1) is 0 Å². The number of rotatable bonds is 4. The molecular weight excluding hydrogens is 345 g/mol. The summed E-state index contributed by atoms with van der Waals surface area (Å²) in [5.74, 6) is -0.499. The zero-order valence-electron chi connectivity index (χ0n) is 10.6. The molecule has 0 heterocycles. The molecule has 0 aromatic heterocycles. The number of esters is 1. The highest BCUT2D eigenvalue weighted by Gasteiger charge is 2.15. The number of aryl methyl sites for hydroxylation is 1. The SMILES string of the molecule is COC(=O)CC(C)NC(=O)c1cccc(C)c1I. The first-order valence-electron chi connectivity index (χ1n) is 5.58. The number of methoxy groups -OCH3 is 1. The summed E-state index contributed by atoms with van der Waals surface area (Å²) in [6.45, 7) is 3.73. The van der Waals surface area contributed by atoms with Crippen molar-refractivity contribution < 1.29 is 14.3 Å². The highest BCUT2D eigenvalue weighted by molar-refractivity contribution is 14.1. The summed E-state index contributed by atoms with van der Waals surface area (Å²) in [6.07, 6.45) is 0.171. The van der Waals surface area contributed by atoms with Gasteiger partial charge >= 0.3 is 5.97 Å². The molecule has 0 saturated heterocycles. The quantitative estimate of drug-likeness (QED) is 0.661. The van der Waals surface area contributed by atoms with E-state index in [1.807, 2.05) is 19.1 Å². The molecule has 5 heteroatoms. The molecule has 1 unspecified atom stereocenters. The third-order valence-corrected chi connectivity index (χ3v) is 3.95. The molecule has 1 rings (SSSR count). The number of carbonyl (C=O) groups is 2. The van der Waals surface area contributed by atoms with E-state index in [2.05, 4.69) is 32.6 Å². The number of nitrogens with one attached hydrogen (secondary N) is 1. The molecule has 1 atom stereocenters. The molecule has 4 nitrogen and oxygen atoms in total. The van der Waals surface area contributed by atoms with Gasteiger partial charge in [0, 0.05) is 9.61 Å². The molecule has 0 radical (unpaired) electrons. The molecular formula is C13H16INO3. The molecule has 0 saturated carbocycles. The Kier molecular flexibility index (Phi) is 5.58. The van der Waals surface area contributed by atoms with Gasteiger partial charge in [0.15, 0.2) is 0 Å². The number of ether oxygens (including phenoxy) is 1. The lowest BCUT2D eigenvalue weighted by molar-refractivity contribution is -0.141. The van der Waals surface area contributed by atoms with Gasteiger partial charge in [-0.3, -0.25) is 9.59 Å². The molecule has 0 fully saturated rings. The van der Waals surface area contributed by atoms with Crippen LogP contribution in [0.1, 0.15) is 29.3 Å². The van der Waals surface area contributed by atoms with Crippen LogP contribution in [0.3, 0.4) is 0 Å². The molecule has 1 amide bonds. The number of hydrogen-bond acceptors (Lipinski definition) is 3. The van der Waals surface area contributed by atoms with E-state index in [1.165, 1.54) is 7.11 Å². The van der Waals surface area contributed by atoms with Gasteiger partial charge < -0.3 is 10.1 Å². The summed E-state index contributed by atoms with van der Waals surface area (Å²) in [6, 6.07) is 5.32. The van der Waals surface area contributed by atoms with Crippen molar-refractivity contribution in [2.24, 2.45) is 0 Å².